The maximum absolute atomic E-state index is 12.8. The van der Waals surface area contributed by atoms with E-state index in [1.807, 2.05) is 36.4 Å². The van der Waals surface area contributed by atoms with Gasteiger partial charge in [-0.1, -0.05) is 26.0 Å². The number of carbonyl (C=O) groups is 1. The summed E-state index contributed by atoms with van der Waals surface area (Å²) in [5, 5.41) is 2.98. The maximum Gasteiger partial charge on any atom is 0.255 e. The van der Waals surface area contributed by atoms with Crippen molar-refractivity contribution in [3.63, 3.8) is 0 Å². The van der Waals surface area contributed by atoms with Crippen LogP contribution >= 0.6 is 0 Å². The highest BCUT2D eigenvalue weighted by atomic mass is 16.5. The average Bonchev–Trinajstić information content (AvgIpc) is 2.78. The number of amides is 1. The minimum absolute atomic E-state index is 0.137. The van der Waals surface area contributed by atoms with E-state index < -0.39 is 0 Å². The van der Waals surface area contributed by atoms with Crippen LogP contribution in [-0.2, 0) is 11.3 Å². The summed E-state index contributed by atoms with van der Waals surface area (Å²) in [6, 6.07) is 13.3. The molecule has 30 heavy (non-hydrogen) atoms. The number of benzene rings is 2. The van der Waals surface area contributed by atoms with E-state index in [2.05, 4.69) is 30.1 Å². The molecular formula is C24H32N2O4. The Morgan fingerprint density at radius 1 is 1.00 bits per heavy atom. The van der Waals surface area contributed by atoms with Crippen LogP contribution < -0.4 is 14.8 Å². The van der Waals surface area contributed by atoms with Gasteiger partial charge in [0.1, 0.15) is 0 Å². The van der Waals surface area contributed by atoms with Crippen LogP contribution in [0.25, 0.3) is 0 Å². The van der Waals surface area contributed by atoms with Crippen LogP contribution in [-0.4, -0.2) is 50.3 Å². The Morgan fingerprint density at radius 2 is 1.73 bits per heavy atom. The van der Waals surface area contributed by atoms with Crippen molar-refractivity contribution in [1.29, 1.82) is 0 Å². The zero-order valence-corrected chi connectivity index (χ0v) is 18.0. The molecule has 3 rings (SSSR count). The highest BCUT2D eigenvalue weighted by Gasteiger charge is 2.13. The first-order valence-corrected chi connectivity index (χ1v) is 10.8. The van der Waals surface area contributed by atoms with Crippen LogP contribution in [0.15, 0.2) is 42.5 Å². The average molecular weight is 413 g/mol. The molecule has 0 unspecified atom stereocenters. The summed E-state index contributed by atoms with van der Waals surface area (Å²) in [6.07, 6.45) is 1.83. The van der Waals surface area contributed by atoms with Gasteiger partial charge < -0.3 is 19.5 Å². The number of hydrogen-bond donors (Lipinski definition) is 1. The van der Waals surface area contributed by atoms with E-state index in [4.69, 9.17) is 14.2 Å². The second kappa shape index (κ2) is 11.6. The molecular weight excluding hydrogens is 380 g/mol. The third-order valence-corrected chi connectivity index (χ3v) is 4.82. The summed E-state index contributed by atoms with van der Waals surface area (Å²) in [4.78, 5) is 15.2. The highest BCUT2D eigenvalue weighted by Crippen LogP contribution is 2.31. The van der Waals surface area contributed by atoms with E-state index in [1.54, 1.807) is 0 Å². The Kier molecular flexibility index (Phi) is 8.53. The molecule has 162 valence electrons. The summed E-state index contributed by atoms with van der Waals surface area (Å²) in [7, 11) is 0. The van der Waals surface area contributed by atoms with Gasteiger partial charge in [0.2, 0.25) is 0 Å². The summed E-state index contributed by atoms with van der Waals surface area (Å²) in [5.74, 6) is 1.22. The van der Waals surface area contributed by atoms with Crippen molar-refractivity contribution < 1.29 is 19.0 Å². The van der Waals surface area contributed by atoms with Crippen LogP contribution in [0, 0.1) is 0 Å². The molecule has 1 amide bonds. The quantitative estimate of drug-likeness (QED) is 0.629. The fourth-order valence-electron chi connectivity index (χ4n) is 3.27. The van der Waals surface area contributed by atoms with Crippen LogP contribution in [0.3, 0.4) is 0 Å². The van der Waals surface area contributed by atoms with Gasteiger partial charge in [-0.15, -0.1) is 0 Å². The van der Waals surface area contributed by atoms with E-state index in [0.717, 1.165) is 51.3 Å². The van der Waals surface area contributed by atoms with E-state index in [1.165, 1.54) is 0 Å². The Labute approximate surface area is 179 Å². The number of morpholine rings is 1. The van der Waals surface area contributed by atoms with Crippen molar-refractivity contribution in [3.05, 3.63) is 53.6 Å². The van der Waals surface area contributed by atoms with Crippen molar-refractivity contribution in [2.45, 2.75) is 33.2 Å². The second-order valence-electron chi connectivity index (χ2n) is 7.40. The zero-order chi connectivity index (χ0) is 21.2. The van der Waals surface area contributed by atoms with E-state index in [-0.39, 0.29) is 5.91 Å². The molecule has 0 atom stereocenters. The molecule has 1 heterocycles. The molecule has 2 aromatic carbocycles. The van der Waals surface area contributed by atoms with Crippen LogP contribution in [0.4, 0.5) is 5.69 Å². The molecule has 6 nitrogen and oxygen atoms in total. The fourth-order valence-corrected chi connectivity index (χ4v) is 3.27. The molecule has 2 aromatic rings. The minimum Gasteiger partial charge on any atom is -0.490 e. The van der Waals surface area contributed by atoms with Crippen molar-refractivity contribution in [1.82, 2.24) is 4.90 Å². The number of nitrogens with zero attached hydrogens (tertiary/aromatic N) is 1. The molecule has 1 N–H and O–H groups in total. The number of carbonyl (C=O) groups excluding carboxylic acids is 1. The van der Waals surface area contributed by atoms with Gasteiger partial charge in [0.05, 0.1) is 26.4 Å². The maximum atomic E-state index is 12.8. The second-order valence-corrected chi connectivity index (χ2v) is 7.40. The third kappa shape index (κ3) is 6.47. The SMILES string of the molecule is CCCOc1ccc(NC(=O)c2cccc(CN3CCOCC3)c2)cc1OCCC. The van der Waals surface area contributed by atoms with E-state index in [9.17, 15) is 4.79 Å². The normalized spacial score (nSPS) is 14.3. The Balaban J connectivity index is 1.67. The molecule has 0 aromatic heterocycles. The molecule has 0 spiro atoms. The van der Waals surface area contributed by atoms with Crippen molar-refractivity contribution in [2.75, 3.05) is 44.8 Å². The summed E-state index contributed by atoms with van der Waals surface area (Å²) < 4.78 is 17.0. The lowest BCUT2D eigenvalue weighted by atomic mass is 10.1. The van der Waals surface area contributed by atoms with Crippen molar-refractivity contribution in [2.24, 2.45) is 0 Å². The number of rotatable bonds is 10. The molecule has 0 bridgehead atoms. The smallest absolute Gasteiger partial charge is 0.255 e. The molecule has 0 radical (unpaired) electrons. The number of nitrogens with one attached hydrogen (secondary N) is 1. The number of hydrogen-bond acceptors (Lipinski definition) is 5. The topological polar surface area (TPSA) is 60.0 Å². The van der Waals surface area contributed by atoms with Gasteiger partial charge in [-0.3, -0.25) is 9.69 Å². The van der Waals surface area contributed by atoms with E-state index >= 15 is 0 Å². The van der Waals surface area contributed by atoms with Crippen LogP contribution in [0.5, 0.6) is 11.5 Å². The first-order chi connectivity index (χ1) is 14.7. The predicted octanol–water partition coefficient (Wildman–Crippen LogP) is 4.35. The van der Waals surface area contributed by atoms with Gasteiger partial charge in [0, 0.05) is 37.0 Å². The fraction of sp³-hybridized carbons (Fsp3) is 0.458. The van der Waals surface area contributed by atoms with Crippen molar-refractivity contribution >= 4 is 11.6 Å². The van der Waals surface area contributed by atoms with Gasteiger partial charge >= 0.3 is 0 Å². The summed E-state index contributed by atoms with van der Waals surface area (Å²) >= 11 is 0. The molecule has 6 heteroatoms. The zero-order valence-electron chi connectivity index (χ0n) is 18.0. The van der Waals surface area contributed by atoms with Crippen LogP contribution in [0.1, 0.15) is 42.6 Å². The van der Waals surface area contributed by atoms with Crippen molar-refractivity contribution in [3.8, 4) is 11.5 Å². The number of ether oxygens (including phenoxy) is 3. The van der Waals surface area contributed by atoms with Gasteiger partial charge in [-0.25, -0.2) is 0 Å². The lowest BCUT2D eigenvalue weighted by molar-refractivity contribution is 0.0342. The Morgan fingerprint density at radius 3 is 2.47 bits per heavy atom. The minimum atomic E-state index is -0.137. The molecule has 1 fully saturated rings. The Bertz CT molecular complexity index is 819. The molecule has 1 saturated heterocycles. The first-order valence-electron chi connectivity index (χ1n) is 10.8. The lowest BCUT2D eigenvalue weighted by Gasteiger charge is -2.26. The largest absolute Gasteiger partial charge is 0.490 e. The first kappa shape index (κ1) is 22.1. The monoisotopic (exact) mass is 412 g/mol. The third-order valence-electron chi connectivity index (χ3n) is 4.82. The van der Waals surface area contributed by atoms with Gasteiger partial charge in [-0.05, 0) is 42.7 Å². The molecule has 0 aliphatic carbocycles. The number of anilines is 1. The van der Waals surface area contributed by atoms with Gasteiger partial charge in [0.25, 0.3) is 5.91 Å². The van der Waals surface area contributed by atoms with Gasteiger partial charge in [0.15, 0.2) is 11.5 Å². The van der Waals surface area contributed by atoms with Gasteiger partial charge in [-0.2, -0.15) is 0 Å². The molecule has 1 aliphatic heterocycles. The van der Waals surface area contributed by atoms with E-state index in [0.29, 0.717) is 36.0 Å². The Hall–Kier alpha value is -2.57. The molecule has 0 saturated carbocycles. The summed E-state index contributed by atoms with van der Waals surface area (Å²) in [5.41, 5.74) is 2.46. The molecule has 1 aliphatic rings. The van der Waals surface area contributed by atoms with Crippen LogP contribution in [0.2, 0.25) is 0 Å². The summed E-state index contributed by atoms with van der Waals surface area (Å²) in [6.45, 7) is 9.54. The highest BCUT2D eigenvalue weighted by molar-refractivity contribution is 6.04. The predicted molar refractivity (Wildman–Crippen MR) is 119 cm³/mol. The lowest BCUT2D eigenvalue weighted by Crippen LogP contribution is -2.35. The standard InChI is InChI=1S/C24H32N2O4/c1-3-12-29-22-9-8-21(17-23(22)30-13-4-2)25-24(27)20-7-5-6-19(16-20)18-26-10-14-28-15-11-26/h5-9,16-17H,3-4,10-15,18H2,1-2H3,(H,25,27).